The monoisotopic (exact) mass is 813 g/mol. The molecule has 0 bridgehead atoms. The Morgan fingerprint density at radius 1 is 0.476 bits per heavy atom. The van der Waals surface area contributed by atoms with Crippen LogP contribution in [0.2, 0.25) is 0 Å². The van der Waals surface area contributed by atoms with Crippen LogP contribution in [0.15, 0.2) is 191 Å². The molecule has 0 saturated heterocycles. The van der Waals surface area contributed by atoms with E-state index in [4.69, 9.17) is 9.52 Å². The Labute approximate surface area is 361 Å². The summed E-state index contributed by atoms with van der Waals surface area (Å²) in [6, 6.07) is 64.7. The first kappa shape index (κ1) is 35.6. The van der Waals surface area contributed by atoms with Crippen LogP contribution in [0, 0.1) is 6.92 Å². The number of rotatable bonds is 4. The number of benzene rings is 8. The lowest BCUT2D eigenvalue weighted by molar-refractivity contribution is 0.569. The molecule has 7 nitrogen and oxygen atoms in total. The molecule has 0 amide bonds. The molecule has 0 aliphatic carbocycles. The Hall–Kier alpha value is -8.16. The summed E-state index contributed by atoms with van der Waals surface area (Å²) < 4.78 is 12.7. The number of para-hydroxylation sites is 5. The minimum atomic E-state index is -0.426. The third kappa shape index (κ3) is 4.96. The molecule has 13 rings (SSSR count). The zero-order chi connectivity index (χ0) is 42.1. The maximum atomic E-state index is 13.6. The maximum absolute atomic E-state index is 13.6. The van der Waals surface area contributed by atoms with E-state index < -0.39 is 11.0 Å². The van der Waals surface area contributed by atoms with Crippen LogP contribution in [0.4, 0.5) is 17.1 Å². The van der Waals surface area contributed by atoms with E-state index in [-0.39, 0.29) is 0 Å². The number of hydrogen-bond acceptors (Lipinski definition) is 4. The van der Waals surface area contributed by atoms with E-state index in [0.717, 1.165) is 45.0 Å². The van der Waals surface area contributed by atoms with E-state index in [9.17, 15) is 4.79 Å². The van der Waals surface area contributed by atoms with Gasteiger partial charge in [0.2, 0.25) is 0 Å². The molecule has 5 heterocycles. The number of aromatic nitrogens is 4. The molecule has 7 heteroatoms. The summed E-state index contributed by atoms with van der Waals surface area (Å²) in [7, 11) is 0. The molecule has 1 aliphatic rings. The largest absolute Gasteiger partial charge is 0.422 e. The van der Waals surface area contributed by atoms with E-state index in [2.05, 4.69) is 173 Å². The summed E-state index contributed by atoms with van der Waals surface area (Å²) in [5, 5.41) is 11.1. The van der Waals surface area contributed by atoms with E-state index in [1.807, 2.05) is 48.0 Å². The highest BCUT2D eigenvalue weighted by Crippen LogP contribution is 2.54. The van der Waals surface area contributed by atoms with Gasteiger partial charge in [0.1, 0.15) is 11.0 Å². The van der Waals surface area contributed by atoms with Crippen LogP contribution in [0.5, 0.6) is 0 Å². The van der Waals surface area contributed by atoms with Crippen LogP contribution in [-0.4, -0.2) is 18.9 Å². The highest BCUT2D eigenvalue weighted by Gasteiger charge is 2.38. The van der Waals surface area contributed by atoms with Gasteiger partial charge in [0.05, 0.1) is 50.3 Å². The predicted octanol–water partition coefficient (Wildman–Crippen LogP) is 13.7. The van der Waals surface area contributed by atoms with Crippen molar-refractivity contribution in [1.82, 2.24) is 18.9 Å². The summed E-state index contributed by atoms with van der Waals surface area (Å²) in [5.41, 5.74) is 14.3. The van der Waals surface area contributed by atoms with Crippen LogP contribution in [0.3, 0.4) is 0 Å². The molecule has 4 aromatic heterocycles. The van der Waals surface area contributed by atoms with E-state index >= 15 is 0 Å². The van der Waals surface area contributed by atoms with Gasteiger partial charge < -0.3 is 18.5 Å². The van der Waals surface area contributed by atoms with Gasteiger partial charge in [-0.05, 0) is 109 Å². The van der Waals surface area contributed by atoms with Crippen LogP contribution in [0.1, 0.15) is 30.7 Å². The lowest BCUT2D eigenvalue weighted by Gasteiger charge is -2.42. The van der Waals surface area contributed by atoms with Crippen molar-refractivity contribution in [1.29, 1.82) is 0 Å². The Balaban J connectivity index is 1.09. The van der Waals surface area contributed by atoms with Crippen molar-refractivity contribution in [3.05, 3.63) is 209 Å². The van der Waals surface area contributed by atoms with Crippen LogP contribution in [-0.2, 0) is 5.41 Å². The molecule has 0 unspecified atom stereocenters. The third-order valence-electron chi connectivity index (χ3n) is 13.4. The second kappa shape index (κ2) is 12.9. The van der Waals surface area contributed by atoms with Crippen molar-refractivity contribution in [3.63, 3.8) is 0 Å². The lowest BCUT2D eigenvalue weighted by atomic mass is 9.73. The topological polar surface area (TPSA) is 61.1 Å². The van der Waals surface area contributed by atoms with E-state index in [0.29, 0.717) is 16.7 Å². The Kier molecular flexibility index (Phi) is 7.30. The average Bonchev–Trinajstić information content (AvgIpc) is 3.97. The molecule has 0 saturated carbocycles. The van der Waals surface area contributed by atoms with Gasteiger partial charge in [-0.3, -0.25) is 0 Å². The van der Waals surface area contributed by atoms with Crippen molar-refractivity contribution in [3.8, 4) is 17.1 Å². The highest BCUT2D eigenvalue weighted by molar-refractivity contribution is 6.11. The molecule has 300 valence electrons. The summed E-state index contributed by atoms with van der Waals surface area (Å²) in [4.78, 5) is 16.0. The van der Waals surface area contributed by atoms with Gasteiger partial charge in [0, 0.05) is 49.4 Å². The van der Waals surface area contributed by atoms with Crippen molar-refractivity contribution in [2.24, 2.45) is 0 Å². The summed E-state index contributed by atoms with van der Waals surface area (Å²) in [6.07, 6.45) is 0. The quantitative estimate of drug-likeness (QED) is 0.166. The number of hydrogen-bond donors (Lipinski definition) is 0. The fourth-order valence-corrected chi connectivity index (χ4v) is 10.5. The van der Waals surface area contributed by atoms with Crippen molar-refractivity contribution < 1.29 is 4.42 Å². The second-order valence-corrected chi connectivity index (χ2v) is 17.2. The molecule has 0 radical (unpaired) electrons. The average molecular weight is 814 g/mol. The van der Waals surface area contributed by atoms with Crippen molar-refractivity contribution in [2.75, 3.05) is 4.90 Å². The normalized spacial score (nSPS) is 13.5. The number of anilines is 3. The van der Waals surface area contributed by atoms with Gasteiger partial charge >= 0.3 is 5.63 Å². The molecule has 8 aromatic carbocycles. The van der Waals surface area contributed by atoms with Crippen LogP contribution < -0.4 is 10.5 Å². The van der Waals surface area contributed by atoms with Crippen LogP contribution in [0.25, 0.3) is 82.5 Å². The van der Waals surface area contributed by atoms with Crippen molar-refractivity contribution >= 4 is 82.5 Å². The Bertz CT molecular complexity index is 3670. The van der Waals surface area contributed by atoms with Gasteiger partial charge in [0.25, 0.3) is 0 Å². The first-order valence-electron chi connectivity index (χ1n) is 21.4. The van der Waals surface area contributed by atoms with E-state index in [1.54, 1.807) is 0 Å². The molecular weight excluding hydrogens is 775 g/mol. The first-order chi connectivity index (χ1) is 30.8. The fraction of sp³-hybridized carbons (Fsp3) is 0.0714. The molecule has 0 N–H and O–H groups in total. The fourth-order valence-electron chi connectivity index (χ4n) is 10.5. The summed E-state index contributed by atoms with van der Waals surface area (Å²) in [6.45, 7) is 6.58. The Morgan fingerprint density at radius 3 is 1.44 bits per heavy atom. The molecule has 63 heavy (non-hydrogen) atoms. The van der Waals surface area contributed by atoms with Crippen molar-refractivity contribution in [2.45, 2.75) is 26.2 Å². The van der Waals surface area contributed by atoms with Gasteiger partial charge in [-0.2, -0.15) is 5.10 Å². The van der Waals surface area contributed by atoms with Gasteiger partial charge in [-0.15, -0.1) is 0 Å². The SMILES string of the molecule is Cc1nn(-c2ccccc2)c2c1c(=O)oc1ccc(N3c4ccc(-n5c6ccccc6c6ccccc65)cc4C(C)(C)c4cc(-n5c6ccccc6c6ccccc65)ccc43)cc12. The molecule has 0 spiro atoms. The number of aryl methyl sites for hydroxylation is 1. The Morgan fingerprint density at radius 2 is 0.937 bits per heavy atom. The zero-order valence-corrected chi connectivity index (χ0v) is 34.9. The molecular formula is C56H39N5O2. The predicted molar refractivity (Wildman–Crippen MR) is 257 cm³/mol. The molecule has 1 aliphatic heterocycles. The summed E-state index contributed by atoms with van der Waals surface area (Å²) >= 11 is 0. The van der Waals surface area contributed by atoms with E-state index in [1.165, 1.54) is 54.7 Å². The lowest BCUT2D eigenvalue weighted by Crippen LogP contribution is -2.31. The number of nitrogens with zero attached hydrogens (tertiary/aromatic N) is 5. The van der Waals surface area contributed by atoms with Gasteiger partial charge in [-0.1, -0.05) is 105 Å². The minimum absolute atomic E-state index is 0.393. The zero-order valence-electron chi connectivity index (χ0n) is 34.9. The van der Waals surface area contributed by atoms with Gasteiger partial charge in [0.15, 0.2) is 0 Å². The molecule has 0 atom stereocenters. The maximum Gasteiger partial charge on any atom is 0.347 e. The number of fused-ring (bicyclic) bond motifs is 11. The van der Waals surface area contributed by atoms with Crippen LogP contribution >= 0.6 is 0 Å². The standard InChI is InChI=1S/C56H39N5O2/c1-34-53-54(61(57-34)35-15-5-4-6-16-35)43-31-36(27-30-52(43)63-55(53)62)60-50-28-25-37(58-46-21-11-7-17-39(46)40-18-8-12-22-47(40)58)32-44(50)56(2,3)45-33-38(26-29-51(45)60)59-48-23-13-9-19-41(48)42-20-10-14-24-49(42)59/h4-33H,1-3H3. The highest BCUT2D eigenvalue weighted by atomic mass is 16.4. The summed E-state index contributed by atoms with van der Waals surface area (Å²) in [5.74, 6) is 0. The third-order valence-corrected chi connectivity index (χ3v) is 13.4. The second-order valence-electron chi connectivity index (χ2n) is 17.2. The van der Waals surface area contributed by atoms with Gasteiger partial charge in [-0.25, -0.2) is 9.48 Å². The molecule has 12 aromatic rings. The molecule has 0 fully saturated rings. The smallest absolute Gasteiger partial charge is 0.347 e. The first-order valence-corrected chi connectivity index (χ1v) is 21.4. The minimum Gasteiger partial charge on any atom is -0.422 e.